The first kappa shape index (κ1) is 22.8. The molecule has 0 heterocycles. The van der Waals surface area contributed by atoms with Gasteiger partial charge in [0.2, 0.25) is 0 Å². The maximum absolute atomic E-state index is 13.9. The van der Waals surface area contributed by atoms with Gasteiger partial charge in [0.1, 0.15) is 12.3 Å². The second-order valence-corrected chi connectivity index (χ2v) is 4.98. The molecule has 0 aromatic carbocycles. The predicted molar refractivity (Wildman–Crippen MR) is 55.5 cm³/mol. The van der Waals surface area contributed by atoms with E-state index in [1.54, 1.807) is 0 Å². The largest absolute Gasteiger partial charge is 0.428 e. The second kappa shape index (κ2) is 6.98. The molecule has 0 fully saturated rings. The third kappa shape index (κ3) is 3.90. The summed E-state index contributed by atoms with van der Waals surface area (Å²) in [6.07, 6.45) is -12.7. The minimum Gasteiger partial charge on any atom is -0.254 e. The van der Waals surface area contributed by atoms with Gasteiger partial charge in [-0.3, -0.25) is 9.18 Å². The molecule has 24 heavy (non-hydrogen) atoms. The van der Waals surface area contributed by atoms with Gasteiger partial charge in [-0.1, -0.05) is 0 Å². The summed E-state index contributed by atoms with van der Waals surface area (Å²) < 4.78 is 154. The van der Waals surface area contributed by atoms with Crippen LogP contribution in [-0.2, 0) is 4.79 Å². The van der Waals surface area contributed by atoms with Crippen LogP contribution < -0.4 is 0 Å². The molecule has 0 aromatic heterocycles. The summed E-state index contributed by atoms with van der Waals surface area (Å²) in [4.78, 5) is 9.84. The topological polar surface area (TPSA) is 17.1 Å². The molecule has 2 unspecified atom stereocenters. The third-order valence-electron chi connectivity index (χ3n) is 3.15. The molecule has 0 radical (unpaired) electrons. The molecule has 0 N–H and O–H groups in total. The van der Waals surface area contributed by atoms with Gasteiger partial charge in [0.05, 0.1) is 6.67 Å². The molecule has 0 aliphatic heterocycles. The lowest BCUT2D eigenvalue weighted by atomic mass is 9.80. The number of halogens is 12. The summed E-state index contributed by atoms with van der Waals surface area (Å²) in [5.74, 6) is -13.9. The predicted octanol–water partition coefficient (Wildman–Crippen LogP) is 4.84. The summed E-state index contributed by atoms with van der Waals surface area (Å²) >= 11 is 0. The van der Waals surface area contributed by atoms with Gasteiger partial charge in [-0.05, 0) is 12.8 Å². The Kier molecular flexibility index (Phi) is 6.64. The molecular weight excluding hydrogens is 376 g/mol. The van der Waals surface area contributed by atoms with Crippen LogP contribution in [0.25, 0.3) is 0 Å². The summed E-state index contributed by atoms with van der Waals surface area (Å²) in [7, 11) is 0. The van der Waals surface area contributed by atoms with E-state index in [1.807, 2.05) is 0 Å². The van der Waals surface area contributed by atoms with Crippen LogP contribution in [0.4, 0.5) is 52.7 Å². The number of hydrogen-bond donors (Lipinski definition) is 0. The summed E-state index contributed by atoms with van der Waals surface area (Å²) in [5.41, 5.74) is -10.6. The maximum atomic E-state index is 13.9. The van der Waals surface area contributed by atoms with Crippen molar-refractivity contribution >= 4 is 6.04 Å². The second-order valence-electron chi connectivity index (χ2n) is 4.98. The van der Waals surface area contributed by atoms with Crippen LogP contribution in [0.3, 0.4) is 0 Å². The van der Waals surface area contributed by atoms with Crippen molar-refractivity contribution in [2.24, 2.45) is 0 Å². The first-order valence-corrected chi connectivity index (χ1v) is 6.04. The van der Waals surface area contributed by atoms with Crippen LogP contribution in [0.5, 0.6) is 0 Å². The van der Waals surface area contributed by atoms with Crippen LogP contribution in [0.2, 0.25) is 0 Å². The van der Waals surface area contributed by atoms with Crippen molar-refractivity contribution in [2.45, 2.75) is 48.6 Å². The van der Waals surface area contributed by atoms with E-state index in [9.17, 15) is 57.5 Å². The number of carbonyl (C=O) groups is 1. The molecule has 0 spiro atoms. The fraction of sp³-hybridized carbons (Fsp3) is 0.909. The Hall–Kier alpha value is -1.17. The monoisotopic (exact) mass is 386 g/mol. The Balaban J connectivity index is 6.14. The van der Waals surface area contributed by atoms with Crippen molar-refractivity contribution in [3.05, 3.63) is 0 Å². The lowest BCUT2D eigenvalue weighted by Crippen LogP contribution is -2.67. The summed E-state index contributed by atoms with van der Waals surface area (Å²) in [6.45, 7) is -3.99. The van der Waals surface area contributed by atoms with Crippen molar-refractivity contribution in [1.82, 2.24) is 0 Å². The normalized spacial score (nSPS) is 18.8. The third-order valence-corrected chi connectivity index (χ3v) is 3.15. The van der Waals surface area contributed by atoms with Crippen molar-refractivity contribution in [2.75, 3.05) is 13.3 Å². The standard InChI is InChI=1S/C11H10F12O/c12-3-1-2-7(15,5-13)4-8(16,11(21,22)23)10(19,20)9(17,18)6(14)24/h1-5H2. The molecule has 144 valence electrons. The Labute approximate surface area is 127 Å². The van der Waals surface area contributed by atoms with E-state index < -0.39 is 68.0 Å². The van der Waals surface area contributed by atoms with Gasteiger partial charge in [-0.25, -0.2) is 13.2 Å². The fourth-order valence-electron chi connectivity index (χ4n) is 1.78. The lowest BCUT2D eigenvalue weighted by molar-refractivity contribution is -0.354. The van der Waals surface area contributed by atoms with Crippen molar-refractivity contribution in [1.29, 1.82) is 0 Å². The van der Waals surface area contributed by atoms with Gasteiger partial charge in [-0.15, -0.1) is 0 Å². The van der Waals surface area contributed by atoms with Gasteiger partial charge in [0.15, 0.2) is 0 Å². The van der Waals surface area contributed by atoms with Gasteiger partial charge < -0.3 is 0 Å². The summed E-state index contributed by atoms with van der Waals surface area (Å²) in [6, 6.07) is -4.30. The van der Waals surface area contributed by atoms with Gasteiger partial charge in [-0.2, -0.15) is 35.1 Å². The SMILES string of the molecule is O=C(F)C(F)(F)C(F)(F)C(F)(CC(F)(CF)CCCF)C(F)(F)F. The van der Waals surface area contributed by atoms with Crippen LogP contribution in [0.15, 0.2) is 0 Å². The Morgan fingerprint density at radius 1 is 0.833 bits per heavy atom. The zero-order valence-electron chi connectivity index (χ0n) is 11.5. The van der Waals surface area contributed by atoms with Gasteiger partial charge in [0.25, 0.3) is 5.67 Å². The molecular formula is C11H10F12O. The van der Waals surface area contributed by atoms with E-state index >= 15 is 0 Å². The zero-order chi connectivity index (χ0) is 19.6. The number of rotatable bonds is 9. The molecule has 0 bridgehead atoms. The van der Waals surface area contributed by atoms with Crippen LogP contribution in [-0.4, -0.2) is 48.7 Å². The molecule has 0 aliphatic carbocycles. The number of alkyl halides is 11. The fourth-order valence-corrected chi connectivity index (χ4v) is 1.78. The van der Waals surface area contributed by atoms with Gasteiger partial charge >= 0.3 is 24.1 Å². The zero-order valence-corrected chi connectivity index (χ0v) is 11.5. The highest BCUT2D eigenvalue weighted by atomic mass is 19.4. The average molecular weight is 386 g/mol. The van der Waals surface area contributed by atoms with Crippen molar-refractivity contribution in [3.8, 4) is 0 Å². The van der Waals surface area contributed by atoms with Crippen molar-refractivity contribution < 1.29 is 57.5 Å². The van der Waals surface area contributed by atoms with E-state index in [4.69, 9.17) is 0 Å². The Morgan fingerprint density at radius 2 is 1.29 bits per heavy atom. The van der Waals surface area contributed by atoms with Crippen LogP contribution in [0, 0.1) is 0 Å². The first-order valence-electron chi connectivity index (χ1n) is 6.04. The molecule has 0 aliphatic rings. The molecule has 0 aromatic rings. The molecule has 2 atom stereocenters. The number of carbonyl (C=O) groups excluding carboxylic acids is 1. The number of hydrogen-bond acceptors (Lipinski definition) is 1. The highest BCUT2D eigenvalue weighted by Crippen LogP contribution is 2.56. The van der Waals surface area contributed by atoms with Crippen LogP contribution in [0.1, 0.15) is 19.3 Å². The first-order chi connectivity index (χ1) is 10.5. The smallest absolute Gasteiger partial charge is 0.254 e. The summed E-state index contributed by atoms with van der Waals surface area (Å²) in [5, 5.41) is 0. The Morgan fingerprint density at radius 3 is 1.58 bits per heavy atom. The van der Waals surface area contributed by atoms with E-state index in [-0.39, 0.29) is 0 Å². The highest BCUT2D eigenvalue weighted by Gasteiger charge is 2.83. The maximum Gasteiger partial charge on any atom is 0.428 e. The molecule has 0 saturated carbocycles. The molecule has 0 amide bonds. The van der Waals surface area contributed by atoms with E-state index in [0.717, 1.165) is 0 Å². The average Bonchev–Trinajstić information content (AvgIpc) is 2.43. The Bertz CT molecular complexity index is 447. The molecule has 1 nitrogen and oxygen atoms in total. The molecule has 13 heteroatoms. The quantitative estimate of drug-likeness (QED) is 0.409. The van der Waals surface area contributed by atoms with Gasteiger partial charge in [0, 0.05) is 6.42 Å². The van der Waals surface area contributed by atoms with E-state index in [0.29, 0.717) is 0 Å². The van der Waals surface area contributed by atoms with Crippen molar-refractivity contribution in [3.63, 3.8) is 0 Å². The molecule has 0 rings (SSSR count). The lowest BCUT2D eigenvalue weighted by Gasteiger charge is -2.40. The van der Waals surface area contributed by atoms with E-state index in [1.165, 1.54) is 0 Å². The minimum atomic E-state index is -7.09. The van der Waals surface area contributed by atoms with E-state index in [2.05, 4.69) is 0 Å². The minimum absolute atomic E-state index is 1.03. The highest BCUT2D eigenvalue weighted by molar-refractivity contribution is 5.78. The molecule has 0 saturated heterocycles. The van der Waals surface area contributed by atoms with Crippen LogP contribution >= 0.6 is 0 Å².